The molecule has 0 aliphatic rings. The largest absolute Gasteiger partial charge is 0.436 e. The predicted molar refractivity (Wildman–Crippen MR) is 137 cm³/mol. The number of pyridine rings is 1. The van der Waals surface area contributed by atoms with Gasteiger partial charge in [-0.05, 0) is 73.9 Å². The van der Waals surface area contributed by atoms with Gasteiger partial charge in [-0.2, -0.15) is 10.2 Å². The van der Waals surface area contributed by atoms with Gasteiger partial charge in [0.2, 0.25) is 11.8 Å². The number of nitriles is 1. The number of aromatic nitrogens is 4. The van der Waals surface area contributed by atoms with Crippen molar-refractivity contribution in [2.24, 2.45) is 7.05 Å². The number of ether oxygens (including phenoxy) is 1. The van der Waals surface area contributed by atoms with E-state index < -0.39 is 0 Å². The summed E-state index contributed by atoms with van der Waals surface area (Å²) in [6.07, 6.45) is 5.28. The summed E-state index contributed by atoms with van der Waals surface area (Å²) in [7, 11) is 1.94. The molecule has 3 aromatic heterocycles. The number of rotatable bonds is 5. The summed E-state index contributed by atoms with van der Waals surface area (Å²) < 4.78 is 8.40. The first kappa shape index (κ1) is 22.1. The molecular formula is C28H24N6O. The van der Waals surface area contributed by atoms with Crippen molar-refractivity contribution in [1.29, 1.82) is 5.26 Å². The van der Waals surface area contributed by atoms with Crippen LogP contribution in [0.5, 0.6) is 11.6 Å². The van der Waals surface area contributed by atoms with Gasteiger partial charge in [0.1, 0.15) is 11.3 Å². The Morgan fingerprint density at radius 1 is 0.971 bits per heavy atom. The van der Waals surface area contributed by atoms with E-state index in [1.54, 1.807) is 18.5 Å². The second kappa shape index (κ2) is 8.92. The number of hydrogen-bond acceptors (Lipinski definition) is 6. The molecule has 0 unspecified atom stereocenters. The first-order valence-electron chi connectivity index (χ1n) is 11.2. The van der Waals surface area contributed by atoms with Crippen molar-refractivity contribution in [3.05, 3.63) is 89.4 Å². The van der Waals surface area contributed by atoms with E-state index >= 15 is 0 Å². The van der Waals surface area contributed by atoms with Gasteiger partial charge in [-0.1, -0.05) is 17.7 Å². The third kappa shape index (κ3) is 4.30. The van der Waals surface area contributed by atoms with Crippen LogP contribution >= 0.6 is 0 Å². The zero-order valence-corrected chi connectivity index (χ0v) is 20.0. The van der Waals surface area contributed by atoms with E-state index in [1.807, 2.05) is 81.0 Å². The van der Waals surface area contributed by atoms with Crippen LogP contribution in [-0.2, 0) is 7.05 Å². The molecule has 0 spiro atoms. The predicted octanol–water partition coefficient (Wildman–Crippen LogP) is 6.36. The maximum atomic E-state index is 9.49. The molecule has 0 bridgehead atoms. The number of anilines is 2. The van der Waals surface area contributed by atoms with Crippen molar-refractivity contribution in [2.75, 3.05) is 5.32 Å². The van der Waals surface area contributed by atoms with Crippen molar-refractivity contribution >= 4 is 22.7 Å². The van der Waals surface area contributed by atoms with E-state index in [4.69, 9.17) is 9.72 Å². The lowest BCUT2D eigenvalue weighted by Gasteiger charge is -2.16. The normalized spacial score (nSPS) is 10.8. The number of nitrogens with one attached hydrogen (secondary N) is 1. The topological polar surface area (TPSA) is 88.7 Å². The van der Waals surface area contributed by atoms with Crippen LogP contribution in [0.1, 0.15) is 22.3 Å². The second-order valence-electron chi connectivity index (χ2n) is 8.58. The Hall–Kier alpha value is -4.70. The molecule has 172 valence electrons. The molecule has 1 N–H and O–H groups in total. The summed E-state index contributed by atoms with van der Waals surface area (Å²) in [6.45, 7) is 6.03. The minimum Gasteiger partial charge on any atom is -0.436 e. The van der Waals surface area contributed by atoms with Crippen molar-refractivity contribution < 1.29 is 4.74 Å². The van der Waals surface area contributed by atoms with Crippen molar-refractivity contribution in [1.82, 2.24) is 19.5 Å². The summed E-state index contributed by atoms with van der Waals surface area (Å²) in [4.78, 5) is 13.6. The summed E-state index contributed by atoms with van der Waals surface area (Å²) in [5.41, 5.74) is 7.84. The molecule has 0 atom stereocenters. The monoisotopic (exact) mass is 460 g/mol. The summed E-state index contributed by atoms with van der Waals surface area (Å²) in [5, 5.41) is 12.8. The fourth-order valence-electron chi connectivity index (χ4n) is 4.13. The quantitative estimate of drug-likeness (QED) is 0.328. The molecule has 5 rings (SSSR count). The molecule has 35 heavy (non-hydrogen) atoms. The Bertz CT molecular complexity index is 1570. The highest BCUT2D eigenvalue weighted by molar-refractivity contribution is 5.83. The third-order valence-electron chi connectivity index (χ3n) is 5.91. The summed E-state index contributed by atoms with van der Waals surface area (Å²) in [6, 6.07) is 18.0. The molecule has 0 aliphatic carbocycles. The van der Waals surface area contributed by atoms with Gasteiger partial charge in [0.25, 0.3) is 0 Å². The number of aryl methyl sites for hydroxylation is 4. The van der Waals surface area contributed by atoms with Gasteiger partial charge in [-0.3, -0.25) is 4.98 Å². The maximum absolute atomic E-state index is 9.49. The molecule has 3 heterocycles. The van der Waals surface area contributed by atoms with E-state index in [1.165, 1.54) is 5.56 Å². The van der Waals surface area contributed by atoms with Crippen LogP contribution in [0.2, 0.25) is 0 Å². The molecular weight excluding hydrogens is 436 g/mol. The third-order valence-corrected chi connectivity index (χ3v) is 5.91. The number of benzene rings is 2. The number of fused-ring (bicyclic) bond motifs is 1. The van der Waals surface area contributed by atoms with Crippen LogP contribution in [0, 0.1) is 32.1 Å². The fraction of sp³-hybridized carbons (Fsp3) is 0.143. The Morgan fingerprint density at radius 2 is 1.71 bits per heavy atom. The highest BCUT2D eigenvalue weighted by atomic mass is 16.5. The zero-order chi connectivity index (χ0) is 24.5. The smallest absolute Gasteiger partial charge is 0.249 e. The first-order valence-corrected chi connectivity index (χ1v) is 11.2. The Balaban J connectivity index is 1.55. The van der Waals surface area contributed by atoms with Crippen LogP contribution in [0.15, 0.2) is 67.1 Å². The standard InChI is InChI=1S/C28H24N6O/c1-17-5-7-22(8-6-17)31-28-32-24-10-12-34(4)25(24)27(33-28)35-26-18(2)13-21(14-19(26)3)23-16-30-11-9-20(23)15-29/h5-14,16H,1-4H3,(H,31,32,33). The molecule has 0 radical (unpaired) electrons. The summed E-state index contributed by atoms with van der Waals surface area (Å²) >= 11 is 0. The van der Waals surface area contributed by atoms with E-state index in [2.05, 4.69) is 21.4 Å². The van der Waals surface area contributed by atoms with Gasteiger partial charge in [-0.15, -0.1) is 0 Å². The fourth-order valence-corrected chi connectivity index (χ4v) is 4.13. The summed E-state index contributed by atoms with van der Waals surface area (Å²) in [5.74, 6) is 1.65. The molecule has 0 saturated heterocycles. The number of hydrogen-bond donors (Lipinski definition) is 1. The second-order valence-corrected chi connectivity index (χ2v) is 8.58. The van der Waals surface area contributed by atoms with E-state index in [-0.39, 0.29) is 0 Å². The van der Waals surface area contributed by atoms with Crippen LogP contribution in [-0.4, -0.2) is 19.5 Å². The van der Waals surface area contributed by atoms with Crippen molar-refractivity contribution in [2.45, 2.75) is 20.8 Å². The molecule has 0 amide bonds. The molecule has 7 heteroatoms. The highest BCUT2D eigenvalue weighted by Crippen LogP contribution is 2.36. The van der Waals surface area contributed by atoms with Crippen LogP contribution in [0.4, 0.5) is 11.6 Å². The van der Waals surface area contributed by atoms with Gasteiger partial charge in [0, 0.05) is 36.9 Å². The van der Waals surface area contributed by atoms with Crippen LogP contribution < -0.4 is 10.1 Å². The maximum Gasteiger partial charge on any atom is 0.249 e. The average molecular weight is 461 g/mol. The van der Waals surface area contributed by atoms with Crippen molar-refractivity contribution in [3.63, 3.8) is 0 Å². The van der Waals surface area contributed by atoms with Gasteiger partial charge < -0.3 is 14.6 Å². The molecule has 0 aliphatic heterocycles. The lowest BCUT2D eigenvalue weighted by atomic mass is 9.98. The Labute approximate surface area is 203 Å². The molecule has 0 saturated carbocycles. The molecule has 0 fully saturated rings. The van der Waals surface area contributed by atoms with Gasteiger partial charge in [-0.25, -0.2) is 4.98 Å². The van der Waals surface area contributed by atoms with Crippen molar-refractivity contribution in [3.8, 4) is 28.8 Å². The van der Waals surface area contributed by atoms with E-state index in [0.29, 0.717) is 17.4 Å². The lowest BCUT2D eigenvalue weighted by Crippen LogP contribution is -2.02. The van der Waals surface area contributed by atoms with Gasteiger partial charge in [0.15, 0.2) is 0 Å². The van der Waals surface area contributed by atoms with E-state index in [9.17, 15) is 5.26 Å². The minimum atomic E-state index is 0.462. The molecule has 7 nitrogen and oxygen atoms in total. The van der Waals surface area contributed by atoms with Crippen LogP contribution in [0.25, 0.3) is 22.2 Å². The number of nitrogens with zero attached hydrogens (tertiary/aromatic N) is 5. The average Bonchev–Trinajstić information content (AvgIpc) is 3.23. The highest BCUT2D eigenvalue weighted by Gasteiger charge is 2.17. The van der Waals surface area contributed by atoms with Gasteiger partial charge in [0.05, 0.1) is 17.1 Å². The van der Waals surface area contributed by atoms with E-state index in [0.717, 1.165) is 44.7 Å². The minimum absolute atomic E-state index is 0.462. The lowest BCUT2D eigenvalue weighted by molar-refractivity contribution is 0.459. The molecule has 5 aromatic rings. The Kier molecular flexibility index (Phi) is 5.63. The van der Waals surface area contributed by atoms with Gasteiger partial charge >= 0.3 is 0 Å². The van der Waals surface area contributed by atoms with Crippen LogP contribution in [0.3, 0.4) is 0 Å². The SMILES string of the molecule is Cc1ccc(Nc2nc(Oc3c(C)cc(-c4cnccc4C#N)cc3C)c3c(ccn3C)n2)cc1. The Morgan fingerprint density at radius 3 is 2.43 bits per heavy atom. The first-order chi connectivity index (χ1) is 16.9. The zero-order valence-electron chi connectivity index (χ0n) is 20.0. The molecule has 2 aromatic carbocycles.